The van der Waals surface area contributed by atoms with Crippen molar-refractivity contribution in [3.8, 4) is 11.3 Å². The van der Waals surface area contributed by atoms with Gasteiger partial charge in [0, 0.05) is 15.1 Å². The number of anilines is 1. The lowest BCUT2D eigenvalue weighted by molar-refractivity contribution is -0.115. The molecule has 1 N–H and O–H groups in total. The summed E-state index contributed by atoms with van der Waals surface area (Å²) in [6.07, 6.45) is 8.14. The molecule has 1 heterocycles. The standard InChI is InChI=1S/C26H26IN3O/c27-20-13-10-17(11-14-20)16-23(31)29-26-24(19-7-2-1-3-8-19)30-25-21-9-5-4-6-18(21)12-15-22(25)28-26/h4-6,9-11,13-14,19H,1-3,7-8,12,15-16H2,(H,28,29,31). The quantitative estimate of drug-likeness (QED) is 0.422. The van der Waals surface area contributed by atoms with Crippen LogP contribution in [0.1, 0.15) is 60.5 Å². The van der Waals surface area contributed by atoms with Crippen LogP contribution < -0.4 is 5.32 Å². The zero-order chi connectivity index (χ0) is 21.2. The van der Waals surface area contributed by atoms with E-state index in [2.05, 4.69) is 52.2 Å². The maximum absolute atomic E-state index is 12.9. The van der Waals surface area contributed by atoms with Crippen molar-refractivity contribution in [3.63, 3.8) is 0 Å². The third kappa shape index (κ3) is 4.52. The summed E-state index contributed by atoms with van der Waals surface area (Å²) < 4.78 is 1.17. The van der Waals surface area contributed by atoms with E-state index in [0.29, 0.717) is 18.2 Å². The molecule has 2 aromatic carbocycles. The van der Waals surface area contributed by atoms with Gasteiger partial charge in [0.05, 0.1) is 23.5 Å². The first kappa shape index (κ1) is 20.6. The Balaban J connectivity index is 1.48. The van der Waals surface area contributed by atoms with Gasteiger partial charge in [-0.3, -0.25) is 4.79 Å². The van der Waals surface area contributed by atoms with Gasteiger partial charge in [-0.15, -0.1) is 0 Å². The van der Waals surface area contributed by atoms with E-state index in [9.17, 15) is 4.79 Å². The number of carbonyl (C=O) groups excluding carboxylic acids is 1. The molecule has 158 valence electrons. The number of aryl methyl sites for hydroxylation is 2. The Morgan fingerprint density at radius 1 is 0.968 bits per heavy atom. The number of amides is 1. The molecular formula is C26H26IN3O. The van der Waals surface area contributed by atoms with Gasteiger partial charge in [-0.25, -0.2) is 9.97 Å². The first-order valence-electron chi connectivity index (χ1n) is 11.2. The van der Waals surface area contributed by atoms with E-state index in [4.69, 9.17) is 9.97 Å². The molecule has 0 aliphatic heterocycles. The van der Waals surface area contributed by atoms with E-state index in [0.717, 1.165) is 48.3 Å². The van der Waals surface area contributed by atoms with Crippen LogP contribution in [-0.2, 0) is 24.1 Å². The minimum atomic E-state index is -0.0243. The average molecular weight is 523 g/mol. The smallest absolute Gasteiger partial charge is 0.229 e. The van der Waals surface area contributed by atoms with Crippen LogP contribution in [0.4, 0.5) is 5.82 Å². The molecular weight excluding hydrogens is 497 g/mol. The Labute approximate surface area is 197 Å². The third-order valence-electron chi connectivity index (χ3n) is 6.43. The van der Waals surface area contributed by atoms with E-state index >= 15 is 0 Å². The minimum Gasteiger partial charge on any atom is -0.309 e. The van der Waals surface area contributed by atoms with E-state index in [-0.39, 0.29) is 5.91 Å². The number of hydrogen-bond acceptors (Lipinski definition) is 3. The van der Waals surface area contributed by atoms with Crippen LogP contribution >= 0.6 is 22.6 Å². The monoisotopic (exact) mass is 523 g/mol. The van der Waals surface area contributed by atoms with Gasteiger partial charge in [-0.1, -0.05) is 55.7 Å². The number of carbonyl (C=O) groups is 1. The van der Waals surface area contributed by atoms with Crippen molar-refractivity contribution in [2.24, 2.45) is 0 Å². The number of halogens is 1. The molecule has 0 spiro atoms. The largest absolute Gasteiger partial charge is 0.309 e. The summed E-state index contributed by atoms with van der Waals surface area (Å²) >= 11 is 2.28. The number of rotatable bonds is 4. The molecule has 3 aromatic rings. The third-order valence-corrected chi connectivity index (χ3v) is 7.15. The maximum Gasteiger partial charge on any atom is 0.229 e. The Morgan fingerprint density at radius 3 is 2.55 bits per heavy atom. The van der Waals surface area contributed by atoms with E-state index in [1.807, 2.05) is 24.3 Å². The topological polar surface area (TPSA) is 54.9 Å². The molecule has 0 unspecified atom stereocenters. The van der Waals surface area contributed by atoms with Crippen molar-refractivity contribution in [1.29, 1.82) is 0 Å². The minimum absolute atomic E-state index is 0.0243. The molecule has 1 fully saturated rings. The van der Waals surface area contributed by atoms with Gasteiger partial charge in [-0.2, -0.15) is 0 Å². The molecule has 5 rings (SSSR count). The average Bonchev–Trinajstić information content (AvgIpc) is 2.80. The highest BCUT2D eigenvalue weighted by molar-refractivity contribution is 14.1. The van der Waals surface area contributed by atoms with Crippen molar-refractivity contribution in [2.75, 3.05) is 5.32 Å². The molecule has 1 saturated carbocycles. The second kappa shape index (κ2) is 9.07. The summed E-state index contributed by atoms with van der Waals surface area (Å²) in [5.41, 5.74) is 6.54. The van der Waals surface area contributed by atoms with Crippen LogP contribution in [0.5, 0.6) is 0 Å². The molecule has 31 heavy (non-hydrogen) atoms. The van der Waals surface area contributed by atoms with Crippen LogP contribution in [-0.4, -0.2) is 15.9 Å². The van der Waals surface area contributed by atoms with Crippen LogP contribution in [0.3, 0.4) is 0 Å². The summed E-state index contributed by atoms with van der Waals surface area (Å²) in [5.74, 6) is 1.03. The van der Waals surface area contributed by atoms with Gasteiger partial charge >= 0.3 is 0 Å². The maximum atomic E-state index is 12.9. The predicted molar refractivity (Wildman–Crippen MR) is 132 cm³/mol. The second-order valence-electron chi connectivity index (χ2n) is 8.60. The first-order chi connectivity index (χ1) is 15.2. The Kier molecular flexibility index (Phi) is 6.03. The highest BCUT2D eigenvalue weighted by Gasteiger charge is 2.27. The summed E-state index contributed by atoms with van der Waals surface area (Å²) in [6, 6.07) is 16.6. The summed E-state index contributed by atoms with van der Waals surface area (Å²) in [5, 5.41) is 3.13. The fraction of sp³-hybridized carbons (Fsp3) is 0.346. The molecule has 0 radical (unpaired) electrons. The first-order valence-corrected chi connectivity index (χ1v) is 12.3. The summed E-state index contributed by atoms with van der Waals surface area (Å²) in [7, 11) is 0. The lowest BCUT2D eigenvalue weighted by Crippen LogP contribution is -2.21. The van der Waals surface area contributed by atoms with Gasteiger partial charge < -0.3 is 5.32 Å². The predicted octanol–water partition coefficient (Wildman–Crippen LogP) is 6.08. The SMILES string of the molecule is O=C(Cc1ccc(I)cc1)Nc1nc2c(nc1C1CCCCC1)-c1ccccc1CC2. The Bertz CT molecular complexity index is 1100. The van der Waals surface area contributed by atoms with Gasteiger partial charge in [0.2, 0.25) is 5.91 Å². The number of aromatic nitrogens is 2. The highest BCUT2D eigenvalue weighted by Crippen LogP contribution is 2.38. The molecule has 1 aromatic heterocycles. The fourth-order valence-electron chi connectivity index (χ4n) is 4.81. The molecule has 0 saturated heterocycles. The summed E-state index contributed by atoms with van der Waals surface area (Å²) in [4.78, 5) is 23.0. The zero-order valence-electron chi connectivity index (χ0n) is 17.5. The number of nitrogens with zero attached hydrogens (tertiary/aromatic N) is 2. The van der Waals surface area contributed by atoms with Crippen LogP contribution in [0.15, 0.2) is 48.5 Å². The second-order valence-corrected chi connectivity index (χ2v) is 9.84. The van der Waals surface area contributed by atoms with Gasteiger partial charge in [0.15, 0.2) is 5.82 Å². The van der Waals surface area contributed by atoms with Crippen LogP contribution in [0.2, 0.25) is 0 Å². The van der Waals surface area contributed by atoms with Gasteiger partial charge in [-0.05, 0) is 71.5 Å². The normalized spacial score (nSPS) is 15.8. The molecule has 4 nitrogen and oxygen atoms in total. The molecule has 5 heteroatoms. The van der Waals surface area contributed by atoms with E-state index in [1.54, 1.807) is 0 Å². The molecule has 1 amide bonds. The van der Waals surface area contributed by atoms with Gasteiger partial charge in [0.25, 0.3) is 0 Å². The highest BCUT2D eigenvalue weighted by atomic mass is 127. The molecule has 2 aliphatic rings. The van der Waals surface area contributed by atoms with Crippen molar-refractivity contribution in [3.05, 3.63) is 74.6 Å². The zero-order valence-corrected chi connectivity index (χ0v) is 19.7. The number of fused-ring (bicyclic) bond motifs is 3. The molecule has 0 atom stereocenters. The number of benzene rings is 2. The van der Waals surface area contributed by atoms with Gasteiger partial charge in [0.1, 0.15) is 0 Å². The van der Waals surface area contributed by atoms with Crippen molar-refractivity contribution < 1.29 is 4.79 Å². The molecule has 2 aliphatic carbocycles. The summed E-state index contributed by atoms with van der Waals surface area (Å²) in [6.45, 7) is 0. The molecule has 0 bridgehead atoms. The van der Waals surface area contributed by atoms with Crippen LogP contribution in [0, 0.1) is 3.57 Å². The van der Waals surface area contributed by atoms with E-state index in [1.165, 1.54) is 34.0 Å². The lowest BCUT2D eigenvalue weighted by atomic mass is 9.85. The van der Waals surface area contributed by atoms with Crippen molar-refractivity contribution in [1.82, 2.24) is 9.97 Å². The Morgan fingerprint density at radius 2 is 1.74 bits per heavy atom. The fourth-order valence-corrected chi connectivity index (χ4v) is 5.17. The van der Waals surface area contributed by atoms with Crippen molar-refractivity contribution >= 4 is 34.3 Å². The Hall–Kier alpha value is -2.28. The van der Waals surface area contributed by atoms with E-state index < -0.39 is 0 Å². The number of hydrogen-bond donors (Lipinski definition) is 1. The van der Waals surface area contributed by atoms with Crippen molar-refractivity contribution in [2.45, 2.75) is 57.3 Å². The lowest BCUT2D eigenvalue weighted by Gasteiger charge is -2.26. The number of nitrogens with one attached hydrogen (secondary N) is 1. The van der Waals surface area contributed by atoms with Crippen LogP contribution in [0.25, 0.3) is 11.3 Å².